The molecule has 0 aliphatic heterocycles. The molecular formula is C55H32N4O. The molecule has 0 amide bonds. The largest absolute Gasteiger partial charge is 0.455 e. The normalized spacial score (nSPS) is 12.0. The van der Waals surface area contributed by atoms with Crippen LogP contribution < -0.4 is 0 Å². The Morgan fingerprint density at radius 2 is 0.983 bits per heavy atom. The highest BCUT2D eigenvalue weighted by Gasteiger charge is 2.22. The van der Waals surface area contributed by atoms with Crippen LogP contribution in [0.2, 0.25) is 0 Å². The molecule has 5 nitrogen and oxygen atoms in total. The minimum absolute atomic E-state index is 0.556. The molecule has 10 aromatic carbocycles. The highest BCUT2D eigenvalue weighted by molar-refractivity contribution is 6.23. The molecule has 13 rings (SSSR count). The molecule has 3 heterocycles. The second-order valence-electron chi connectivity index (χ2n) is 15.6. The molecule has 0 saturated carbocycles. The molecule has 0 atom stereocenters. The van der Waals surface area contributed by atoms with Gasteiger partial charge in [0.15, 0.2) is 17.5 Å². The Labute approximate surface area is 343 Å². The zero-order valence-corrected chi connectivity index (χ0v) is 32.2. The molecule has 0 fully saturated rings. The molecule has 60 heavy (non-hydrogen) atoms. The number of fused-ring (bicyclic) bond motifs is 12. The molecule has 5 heteroatoms. The molecule has 13 aromatic rings. The number of rotatable bonds is 4. The van der Waals surface area contributed by atoms with Gasteiger partial charge in [-0.25, -0.2) is 15.0 Å². The van der Waals surface area contributed by atoms with Crippen LogP contribution in [-0.2, 0) is 0 Å². The first-order valence-electron chi connectivity index (χ1n) is 20.3. The summed E-state index contributed by atoms with van der Waals surface area (Å²) in [5.41, 5.74) is 7.57. The molecule has 0 aliphatic carbocycles. The van der Waals surface area contributed by atoms with E-state index in [1.165, 1.54) is 37.7 Å². The molecule has 0 N–H and O–H groups in total. The van der Waals surface area contributed by atoms with Crippen LogP contribution in [0.5, 0.6) is 0 Å². The van der Waals surface area contributed by atoms with Crippen molar-refractivity contribution in [2.24, 2.45) is 0 Å². The molecule has 0 bridgehead atoms. The molecule has 0 saturated heterocycles. The van der Waals surface area contributed by atoms with Crippen LogP contribution >= 0.6 is 0 Å². The third kappa shape index (κ3) is 4.90. The van der Waals surface area contributed by atoms with E-state index in [1.807, 2.05) is 30.3 Å². The number of para-hydroxylation sites is 2. The maximum atomic E-state index is 7.06. The highest BCUT2D eigenvalue weighted by Crippen LogP contribution is 2.44. The lowest BCUT2D eigenvalue weighted by atomic mass is 10.00. The van der Waals surface area contributed by atoms with Gasteiger partial charge in [0.05, 0.1) is 22.3 Å². The molecule has 0 radical (unpaired) electrons. The lowest BCUT2D eigenvalue weighted by molar-refractivity contribution is 0.669. The fraction of sp³-hybridized carbons (Fsp3) is 0. The quantitative estimate of drug-likeness (QED) is 0.167. The molecule has 0 spiro atoms. The topological polar surface area (TPSA) is 56.7 Å². The van der Waals surface area contributed by atoms with Gasteiger partial charge in [-0.1, -0.05) is 158 Å². The first kappa shape index (κ1) is 32.9. The highest BCUT2D eigenvalue weighted by atomic mass is 16.3. The zero-order valence-electron chi connectivity index (χ0n) is 32.2. The Bertz CT molecular complexity index is 3900. The van der Waals surface area contributed by atoms with Gasteiger partial charge in [0, 0.05) is 44.1 Å². The fourth-order valence-corrected chi connectivity index (χ4v) is 9.41. The van der Waals surface area contributed by atoms with Crippen LogP contribution in [0.4, 0.5) is 0 Å². The summed E-state index contributed by atoms with van der Waals surface area (Å²) in [4.78, 5) is 15.5. The van der Waals surface area contributed by atoms with Gasteiger partial charge >= 0.3 is 0 Å². The van der Waals surface area contributed by atoms with Crippen molar-refractivity contribution in [3.8, 4) is 39.9 Å². The van der Waals surface area contributed by atoms with Gasteiger partial charge in [0.2, 0.25) is 0 Å². The molecule has 3 aromatic heterocycles. The number of hydrogen-bond donors (Lipinski definition) is 0. The van der Waals surface area contributed by atoms with E-state index in [0.717, 1.165) is 71.5 Å². The predicted octanol–water partition coefficient (Wildman–Crippen LogP) is 14.5. The second-order valence-corrected chi connectivity index (χ2v) is 15.6. The van der Waals surface area contributed by atoms with Gasteiger partial charge in [-0.2, -0.15) is 0 Å². The fourth-order valence-electron chi connectivity index (χ4n) is 9.41. The summed E-state index contributed by atoms with van der Waals surface area (Å²) in [5, 5.41) is 14.0. The van der Waals surface area contributed by atoms with Crippen LogP contribution in [-0.4, -0.2) is 19.5 Å². The SMILES string of the molecule is c1ccc(-c2nc(-c3ccc4c(ccc5ccccc54)c3)nc(-c3cccc4c3oc3cc(-n5c6ccccc6c6cc7ccccc7cc65)c5ccccc5c34)n2)cc1. The van der Waals surface area contributed by atoms with Crippen LogP contribution in [0.3, 0.4) is 0 Å². The third-order valence-corrected chi connectivity index (χ3v) is 12.2. The van der Waals surface area contributed by atoms with Crippen molar-refractivity contribution in [2.75, 3.05) is 0 Å². The van der Waals surface area contributed by atoms with Gasteiger partial charge in [-0.05, 0) is 68.0 Å². The maximum absolute atomic E-state index is 7.06. The summed E-state index contributed by atoms with van der Waals surface area (Å²) in [6, 6.07) is 68.6. The summed E-state index contributed by atoms with van der Waals surface area (Å²) in [5.74, 6) is 1.77. The summed E-state index contributed by atoms with van der Waals surface area (Å²) in [6.07, 6.45) is 0. The van der Waals surface area contributed by atoms with E-state index in [2.05, 4.69) is 168 Å². The number of furan rings is 1. The number of aromatic nitrogens is 4. The van der Waals surface area contributed by atoms with E-state index in [9.17, 15) is 0 Å². The zero-order chi connectivity index (χ0) is 39.3. The standard InChI is InChI=1S/C55H32N4O/c1-2-14-34(15-3-1)53-56-54(38-27-28-40-37(29-38)26-25-33-13-6-7-18-39(33)40)58-55(57-53)45-23-12-22-44-51-43-21-9-8-19-41(43)49(32-50(51)60-52(44)45)59-47-24-11-10-20-42(47)46-30-35-16-4-5-17-36(35)31-48(46)59/h1-32H. The Balaban J connectivity index is 1.05. The van der Waals surface area contributed by atoms with Crippen molar-refractivity contribution in [3.63, 3.8) is 0 Å². The van der Waals surface area contributed by atoms with Crippen molar-refractivity contribution in [3.05, 3.63) is 194 Å². The summed E-state index contributed by atoms with van der Waals surface area (Å²) in [7, 11) is 0. The molecular weight excluding hydrogens is 733 g/mol. The lowest BCUT2D eigenvalue weighted by Gasteiger charge is -2.13. The van der Waals surface area contributed by atoms with Gasteiger partial charge in [-0.15, -0.1) is 0 Å². The van der Waals surface area contributed by atoms with Gasteiger partial charge in [0.25, 0.3) is 0 Å². The van der Waals surface area contributed by atoms with E-state index in [0.29, 0.717) is 17.5 Å². The van der Waals surface area contributed by atoms with E-state index >= 15 is 0 Å². The Kier molecular flexibility index (Phi) is 6.95. The minimum Gasteiger partial charge on any atom is -0.455 e. The Hall–Kier alpha value is -8.15. The second kappa shape index (κ2) is 12.7. The van der Waals surface area contributed by atoms with Crippen LogP contribution in [0.1, 0.15) is 0 Å². The predicted molar refractivity (Wildman–Crippen MR) is 248 cm³/mol. The van der Waals surface area contributed by atoms with Crippen molar-refractivity contribution < 1.29 is 4.42 Å². The van der Waals surface area contributed by atoms with Crippen molar-refractivity contribution in [2.45, 2.75) is 0 Å². The first-order valence-corrected chi connectivity index (χ1v) is 20.3. The number of benzene rings is 10. The van der Waals surface area contributed by atoms with Crippen molar-refractivity contribution >= 4 is 86.8 Å². The summed E-state index contributed by atoms with van der Waals surface area (Å²) < 4.78 is 9.46. The molecule has 0 aliphatic rings. The first-order chi connectivity index (χ1) is 29.7. The lowest BCUT2D eigenvalue weighted by Crippen LogP contribution is -2.00. The Morgan fingerprint density at radius 1 is 0.350 bits per heavy atom. The summed E-state index contributed by atoms with van der Waals surface area (Å²) in [6.45, 7) is 0. The molecule has 278 valence electrons. The van der Waals surface area contributed by atoms with Gasteiger partial charge < -0.3 is 8.98 Å². The van der Waals surface area contributed by atoms with Gasteiger partial charge in [0.1, 0.15) is 11.2 Å². The van der Waals surface area contributed by atoms with E-state index in [-0.39, 0.29) is 0 Å². The monoisotopic (exact) mass is 764 g/mol. The average molecular weight is 765 g/mol. The van der Waals surface area contributed by atoms with Crippen LogP contribution in [0.15, 0.2) is 199 Å². The maximum Gasteiger partial charge on any atom is 0.167 e. The van der Waals surface area contributed by atoms with Crippen LogP contribution in [0, 0.1) is 0 Å². The Morgan fingerprint density at radius 3 is 1.83 bits per heavy atom. The van der Waals surface area contributed by atoms with Crippen molar-refractivity contribution in [1.29, 1.82) is 0 Å². The molecule has 0 unspecified atom stereocenters. The van der Waals surface area contributed by atoms with Crippen molar-refractivity contribution in [1.82, 2.24) is 19.5 Å². The van der Waals surface area contributed by atoms with Crippen LogP contribution in [0.25, 0.3) is 127 Å². The van der Waals surface area contributed by atoms with E-state index in [4.69, 9.17) is 19.4 Å². The minimum atomic E-state index is 0.556. The van der Waals surface area contributed by atoms with E-state index in [1.54, 1.807) is 0 Å². The number of hydrogen-bond acceptors (Lipinski definition) is 4. The third-order valence-electron chi connectivity index (χ3n) is 12.2. The van der Waals surface area contributed by atoms with E-state index < -0.39 is 0 Å². The smallest absolute Gasteiger partial charge is 0.167 e. The van der Waals surface area contributed by atoms with Gasteiger partial charge in [-0.3, -0.25) is 0 Å². The average Bonchev–Trinajstić information content (AvgIpc) is 3.85. The number of nitrogens with zero attached hydrogens (tertiary/aromatic N) is 4. The summed E-state index contributed by atoms with van der Waals surface area (Å²) >= 11 is 0.